The second-order valence-electron chi connectivity index (χ2n) is 9.14. The van der Waals surface area contributed by atoms with Crippen LogP contribution in [0.2, 0.25) is 0 Å². The summed E-state index contributed by atoms with van der Waals surface area (Å²) in [4.78, 5) is 43.1. The highest BCUT2D eigenvalue weighted by Crippen LogP contribution is 2.44. The Balaban J connectivity index is 1.55. The van der Waals surface area contributed by atoms with E-state index in [-0.39, 0.29) is 24.5 Å². The third-order valence-corrected chi connectivity index (χ3v) is 7.78. The Morgan fingerprint density at radius 3 is 2.69 bits per heavy atom. The summed E-state index contributed by atoms with van der Waals surface area (Å²) in [6.45, 7) is 0.644. The van der Waals surface area contributed by atoms with Crippen LogP contribution in [0.25, 0.3) is 10.9 Å². The molecule has 9 heteroatoms. The lowest BCUT2D eigenvalue weighted by Crippen LogP contribution is -2.52. The summed E-state index contributed by atoms with van der Waals surface area (Å²) < 4.78 is 6.93. The van der Waals surface area contributed by atoms with E-state index in [2.05, 4.69) is 16.3 Å². The number of ether oxygens (including phenoxy) is 1. The number of nitrogens with one attached hydrogen (secondary N) is 1. The Labute approximate surface area is 214 Å². The summed E-state index contributed by atoms with van der Waals surface area (Å²) in [5.74, 6) is 0.0172. The molecule has 1 N–H and O–H groups in total. The van der Waals surface area contributed by atoms with Crippen molar-refractivity contribution in [1.82, 2.24) is 14.8 Å². The first kappa shape index (κ1) is 24.2. The Morgan fingerprint density at radius 2 is 1.92 bits per heavy atom. The van der Waals surface area contributed by atoms with Crippen LogP contribution in [0.3, 0.4) is 0 Å². The first-order valence-electron chi connectivity index (χ1n) is 12.0. The van der Waals surface area contributed by atoms with Gasteiger partial charge in [0.05, 0.1) is 24.1 Å². The van der Waals surface area contributed by atoms with E-state index in [0.717, 1.165) is 33.6 Å². The number of hydrogen-bond acceptors (Lipinski definition) is 6. The molecule has 0 aliphatic carbocycles. The lowest BCUT2D eigenvalue weighted by molar-refractivity contribution is -0.145. The second-order valence-corrected chi connectivity index (χ2v) is 10.1. The maximum absolute atomic E-state index is 13.5. The zero-order chi connectivity index (χ0) is 25.4. The number of fused-ring (bicyclic) bond motifs is 6. The smallest absolute Gasteiger partial charge is 0.328 e. The number of methoxy groups -OCH3 is 1. The van der Waals surface area contributed by atoms with Gasteiger partial charge in [-0.1, -0.05) is 30.3 Å². The second kappa shape index (κ2) is 9.89. The Morgan fingerprint density at radius 1 is 1.17 bits per heavy atom. The van der Waals surface area contributed by atoms with E-state index in [9.17, 15) is 14.4 Å². The van der Waals surface area contributed by atoms with Crippen molar-refractivity contribution in [3.8, 4) is 0 Å². The molecular formula is C27H30N4O4S. The summed E-state index contributed by atoms with van der Waals surface area (Å²) in [5.41, 5.74) is 4.61. The molecular weight excluding hydrogens is 476 g/mol. The zero-order valence-electron chi connectivity index (χ0n) is 20.7. The third-order valence-electron chi connectivity index (χ3n) is 7.14. The molecule has 3 heterocycles. The molecule has 0 saturated carbocycles. The van der Waals surface area contributed by atoms with E-state index >= 15 is 0 Å². The van der Waals surface area contributed by atoms with Crippen molar-refractivity contribution in [3.05, 3.63) is 65.4 Å². The average Bonchev–Trinajstić information content (AvgIpc) is 3.22. The largest absolute Gasteiger partial charge is 0.467 e. The van der Waals surface area contributed by atoms with Gasteiger partial charge in [0.15, 0.2) is 0 Å². The van der Waals surface area contributed by atoms with Gasteiger partial charge in [-0.3, -0.25) is 9.59 Å². The van der Waals surface area contributed by atoms with Crippen molar-refractivity contribution in [2.24, 2.45) is 0 Å². The minimum absolute atomic E-state index is 0.00317. The molecule has 2 atom stereocenters. The number of rotatable bonds is 7. The molecule has 8 nitrogen and oxygen atoms in total. The van der Waals surface area contributed by atoms with Gasteiger partial charge in [-0.05, 0) is 48.6 Å². The SMILES string of the molecule is COC(=O)C(CCSC)NC(=O)Cn1c2c(c3ccccc31)CCN1C(=O)c3ccccc3N(C)C21. The van der Waals surface area contributed by atoms with Crippen LogP contribution in [0.5, 0.6) is 0 Å². The Hall–Kier alpha value is -3.46. The molecule has 2 aliphatic heterocycles. The molecule has 0 bridgehead atoms. The van der Waals surface area contributed by atoms with Crippen LogP contribution in [0.4, 0.5) is 5.69 Å². The predicted molar refractivity (Wildman–Crippen MR) is 141 cm³/mol. The van der Waals surface area contributed by atoms with E-state index in [1.165, 1.54) is 7.11 Å². The highest BCUT2D eigenvalue weighted by molar-refractivity contribution is 7.98. The van der Waals surface area contributed by atoms with E-state index < -0.39 is 12.0 Å². The van der Waals surface area contributed by atoms with Crippen LogP contribution < -0.4 is 10.2 Å². The van der Waals surface area contributed by atoms with Crippen molar-refractivity contribution < 1.29 is 19.1 Å². The lowest BCUT2D eigenvalue weighted by Gasteiger charge is -2.46. The zero-order valence-corrected chi connectivity index (χ0v) is 21.5. The van der Waals surface area contributed by atoms with Gasteiger partial charge >= 0.3 is 5.97 Å². The van der Waals surface area contributed by atoms with Crippen molar-refractivity contribution in [2.75, 3.05) is 37.6 Å². The molecule has 1 aromatic heterocycles. The molecule has 0 spiro atoms. The number of carbonyl (C=O) groups excluding carboxylic acids is 3. The van der Waals surface area contributed by atoms with E-state index in [0.29, 0.717) is 24.9 Å². The number of para-hydroxylation sites is 2. The number of esters is 1. The number of amides is 2. The average molecular weight is 507 g/mol. The highest BCUT2D eigenvalue weighted by atomic mass is 32.2. The van der Waals surface area contributed by atoms with Crippen molar-refractivity contribution in [2.45, 2.75) is 31.6 Å². The van der Waals surface area contributed by atoms with Crippen LogP contribution in [-0.4, -0.2) is 66.0 Å². The van der Waals surface area contributed by atoms with Crippen LogP contribution in [0.1, 0.15) is 34.2 Å². The third kappa shape index (κ3) is 4.01. The van der Waals surface area contributed by atoms with Gasteiger partial charge in [-0.2, -0.15) is 11.8 Å². The summed E-state index contributed by atoms with van der Waals surface area (Å²) in [5, 5.41) is 3.97. The van der Waals surface area contributed by atoms with Gasteiger partial charge in [0.25, 0.3) is 5.91 Å². The topological polar surface area (TPSA) is 83.9 Å². The van der Waals surface area contributed by atoms with Crippen molar-refractivity contribution >= 4 is 46.1 Å². The molecule has 3 aromatic rings. The van der Waals surface area contributed by atoms with Crippen LogP contribution in [0.15, 0.2) is 48.5 Å². The minimum Gasteiger partial charge on any atom is -0.467 e. The van der Waals surface area contributed by atoms with Gasteiger partial charge in [0.1, 0.15) is 18.8 Å². The Kier molecular flexibility index (Phi) is 6.66. The van der Waals surface area contributed by atoms with Crippen molar-refractivity contribution in [3.63, 3.8) is 0 Å². The summed E-state index contributed by atoms with van der Waals surface area (Å²) in [6.07, 6.45) is 2.83. The minimum atomic E-state index is -0.699. The fourth-order valence-electron chi connectivity index (χ4n) is 5.49. The maximum atomic E-state index is 13.5. The number of hydrogen-bond donors (Lipinski definition) is 1. The highest BCUT2D eigenvalue weighted by Gasteiger charge is 2.42. The molecule has 0 radical (unpaired) electrons. The monoisotopic (exact) mass is 506 g/mol. The molecule has 2 amide bonds. The van der Waals surface area contributed by atoms with Gasteiger partial charge in [0, 0.05) is 24.5 Å². The first-order valence-corrected chi connectivity index (χ1v) is 13.4. The van der Waals surface area contributed by atoms with E-state index in [1.54, 1.807) is 11.8 Å². The molecule has 2 unspecified atom stereocenters. The first-order chi connectivity index (χ1) is 17.5. The summed E-state index contributed by atoms with van der Waals surface area (Å²) in [6, 6.07) is 15.0. The summed E-state index contributed by atoms with van der Waals surface area (Å²) in [7, 11) is 3.33. The molecule has 188 valence electrons. The normalized spacial score (nSPS) is 17.3. The fourth-order valence-corrected chi connectivity index (χ4v) is 5.96. The molecule has 2 aliphatic rings. The van der Waals surface area contributed by atoms with Crippen LogP contribution >= 0.6 is 11.8 Å². The molecule has 0 fully saturated rings. The number of nitrogens with zero attached hydrogens (tertiary/aromatic N) is 3. The Bertz CT molecular complexity index is 1340. The lowest BCUT2D eigenvalue weighted by atomic mass is 9.96. The van der Waals surface area contributed by atoms with Crippen molar-refractivity contribution in [1.29, 1.82) is 0 Å². The van der Waals surface area contributed by atoms with Gasteiger partial charge in [0.2, 0.25) is 5.91 Å². The van der Waals surface area contributed by atoms with Gasteiger partial charge < -0.3 is 24.4 Å². The quantitative estimate of drug-likeness (QED) is 0.496. The summed E-state index contributed by atoms with van der Waals surface area (Å²) >= 11 is 1.61. The number of anilines is 1. The van der Waals surface area contributed by atoms with Crippen LogP contribution in [-0.2, 0) is 27.3 Å². The molecule has 36 heavy (non-hydrogen) atoms. The van der Waals surface area contributed by atoms with E-state index in [4.69, 9.17) is 4.74 Å². The molecule has 0 saturated heterocycles. The number of carbonyl (C=O) groups is 3. The van der Waals surface area contributed by atoms with Crippen LogP contribution in [0, 0.1) is 0 Å². The number of thioether (sulfide) groups is 1. The van der Waals surface area contributed by atoms with E-state index in [1.807, 2.05) is 65.2 Å². The number of benzene rings is 2. The number of aromatic nitrogens is 1. The van der Waals surface area contributed by atoms with Gasteiger partial charge in [-0.15, -0.1) is 0 Å². The fraction of sp³-hybridized carbons (Fsp3) is 0.370. The molecule has 2 aromatic carbocycles. The predicted octanol–water partition coefficient (Wildman–Crippen LogP) is 3.20. The molecule has 5 rings (SSSR count). The standard InChI is InChI=1S/C27H30N4O4S/c1-29-21-10-6-5-9-19(21)26(33)30-14-12-18-17-8-4-7-11-22(17)31(24(18)25(29)30)16-23(32)28-20(13-15-36-3)27(34)35-2/h4-11,20,25H,12-16H2,1-3H3,(H,28,32). The maximum Gasteiger partial charge on any atom is 0.328 e. The van der Waals surface area contributed by atoms with Gasteiger partial charge in [-0.25, -0.2) is 4.79 Å².